The average molecular weight is 340 g/mol. The molecule has 0 saturated heterocycles. The number of carbonyl (C=O) groups excluding carboxylic acids is 2. The normalized spacial score (nSPS) is 10.2. The number of aryl methyl sites for hydroxylation is 1. The highest BCUT2D eigenvalue weighted by atomic mass is 16.5. The lowest BCUT2D eigenvalue weighted by Crippen LogP contribution is -2.30. The third kappa shape index (κ3) is 5.95. The van der Waals surface area contributed by atoms with Crippen molar-refractivity contribution in [1.82, 2.24) is 5.32 Å². The summed E-state index contributed by atoms with van der Waals surface area (Å²) in [5.74, 6) is 0.503. The van der Waals surface area contributed by atoms with E-state index in [2.05, 4.69) is 10.6 Å². The number of amides is 2. The second kappa shape index (κ2) is 8.87. The number of hydrogen-bond acceptors (Lipinski definition) is 3. The van der Waals surface area contributed by atoms with E-state index in [1.807, 2.05) is 56.3 Å². The molecular formula is C20H24N2O3. The van der Waals surface area contributed by atoms with Crippen molar-refractivity contribution >= 4 is 17.5 Å². The summed E-state index contributed by atoms with van der Waals surface area (Å²) in [6.07, 6.45) is 0.718. The number of hydrogen-bond donors (Lipinski definition) is 2. The molecule has 5 heteroatoms. The van der Waals surface area contributed by atoms with E-state index in [0.717, 1.165) is 34.5 Å². The van der Waals surface area contributed by atoms with Crippen LogP contribution in [0.25, 0.3) is 0 Å². The van der Waals surface area contributed by atoms with E-state index in [0.29, 0.717) is 6.54 Å². The standard InChI is InChI=1S/C20H24N2O3/c1-14-5-4-6-19(15(14)2)25-13-20(24)21-12-11-17-7-9-18(10-8-17)22-16(3)23/h4-10H,11-13H2,1-3H3,(H,21,24)(H,22,23). The molecule has 2 aromatic rings. The maximum atomic E-state index is 11.9. The summed E-state index contributed by atoms with van der Waals surface area (Å²) < 4.78 is 5.58. The van der Waals surface area contributed by atoms with E-state index in [1.165, 1.54) is 6.92 Å². The molecule has 2 amide bonds. The van der Waals surface area contributed by atoms with Gasteiger partial charge in [-0.1, -0.05) is 24.3 Å². The minimum atomic E-state index is -0.143. The molecule has 0 aliphatic carbocycles. The van der Waals surface area contributed by atoms with Gasteiger partial charge in [0.05, 0.1) is 0 Å². The van der Waals surface area contributed by atoms with Crippen molar-refractivity contribution in [3.63, 3.8) is 0 Å². The Morgan fingerprint density at radius 3 is 2.44 bits per heavy atom. The van der Waals surface area contributed by atoms with E-state index in [-0.39, 0.29) is 18.4 Å². The van der Waals surface area contributed by atoms with Crippen LogP contribution in [0.3, 0.4) is 0 Å². The van der Waals surface area contributed by atoms with Crippen molar-refractivity contribution in [3.8, 4) is 5.75 Å². The summed E-state index contributed by atoms with van der Waals surface area (Å²) in [7, 11) is 0. The third-order valence-corrected chi connectivity index (χ3v) is 3.92. The minimum absolute atomic E-state index is 0.00572. The summed E-state index contributed by atoms with van der Waals surface area (Å²) >= 11 is 0. The molecule has 25 heavy (non-hydrogen) atoms. The molecule has 0 heterocycles. The Bertz CT molecular complexity index is 739. The summed E-state index contributed by atoms with van der Waals surface area (Å²) in [5.41, 5.74) is 4.04. The first-order valence-corrected chi connectivity index (χ1v) is 8.28. The van der Waals surface area contributed by atoms with Crippen LogP contribution in [-0.2, 0) is 16.0 Å². The first-order valence-electron chi connectivity index (χ1n) is 8.28. The maximum absolute atomic E-state index is 11.9. The molecule has 5 nitrogen and oxygen atoms in total. The van der Waals surface area contributed by atoms with Crippen LogP contribution < -0.4 is 15.4 Å². The van der Waals surface area contributed by atoms with Gasteiger partial charge in [-0.25, -0.2) is 0 Å². The predicted molar refractivity (Wildman–Crippen MR) is 98.9 cm³/mol. The summed E-state index contributed by atoms with van der Waals surface area (Å²) in [4.78, 5) is 22.9. The number of ether oxygens (including phenoxy) is 1. The van der Waals surface area contributed by atoms with E-state index >= 15 is 0 Å². The van der Waals surface area contributed by atoms with E-state index in [4.69, 9.17) is 4.74 Å². The first-order chi connectivity index (χ1) is 12.0. The van der Waals surface area contributed by atoms with Gasteiger partial charge in [0.25, 0.3) is 5.91 Å². The minimum Gasteiger partial charge on any atom is -0.483 e. The van der Waals surface area contributed by atoms with Crippen molar-refractivity contribution in [1.29, 1.82) is 0 Å². The van der Waals surface area contributed by atoms with Gasteiger partial charge in [-0.2, -0.15) is 0 Å². The van der Waals surface area contributed by atoms with Crippen LogP contribution in [0.1, 0.15) is 23.6 Å². The van der Waals surface area contributed by atoms with Crippen molar-refractivity contribution in [3.05, 3.63) is 59.2 Å². The van der Waals surface area contributed by atoms with Gasteiger partial charge >= 0.3 is 0 Å². The quantitative estimate of drug-likeness (QED) is 0.814. The molecule has 2 aromatic carbocycles. The Hall–Kier alpha value is -2.82. The van der Waals surface area contributed by atoms with Gasteiger partial charge in [-0.05, 0) is 55.2 Å². The molecule has 0 unspecified atom stereocenters. The van der Waals surface area contributed by atoms with Crippen LogP contribution in [0.2, 0.25) is 0 Å². The number of rotatable bonds is 7. The monoisotopic (exact) mass is 340 g/mol. The lowest BCUT2D eigenvalue weighted by Gasteiger charge is -2.11. The Morgan fingerprint density at radius 1 is 1.04 bits per heavy atom. The largest absolute Gasteiger partial charge is 0.483 e. The van der Waals surface area contributed by atoms with Gasteiger partial charge in [0.1, 0.15) is 5.75 Å². The lowest BCUT2D eigenvalue weighted by atomic mass is 10.1. The predicted octanol–water partition coefficient (Wildman–Crippen LogP) is 3.00. The zero-order valence-electron chi connectivity index (χ0n) is 14.9. The van der Waals surface area contributed by atoms with Gasteiger partial charge in [0, 0.05) is 19.2 Å². The fourth-order valence-corrected chi connectivity index (χ4v) is 2.38. The summed E-state index contributed by atoms with van der Waals surface area (Å²) in [5, 5.41) is 5.57. The molecule has 0 bridgehead atoms. The van der Waals surface area contributed by atoms with Crippen molar-refractivity contribution in [2.45, 2.75) is 27.2 Å². The highest BCUT2D eigenvalue weighted by Crippen LogP contribution is 2.20. The summed E-state index contributed by atoms with van der Waals surface area (Å²) in [6.45, 7) is 6.01. The Morgan fingerprint density at radius 2 is 1.76 bits per heavy atom. The number of carbonyl (C=O) groups is 2. The van der Waals surface area contributed by atoms with E-state index < -0.39 is 0 Å². The highest BCUT2D eigenvalue weighted by molar-refractivity contribution is 5.88. The third-order valence-electron chi connectivity index (χ3n) is 3.92. The van der Waals surface area contributed by atoms with Crippen LogP contribution in [0.4, 0.5) is 5.69 Å². The second-order valence-corrected chi connectivity index (χ2v) is 5.96. The van der Waals surface area contributed by atoms with Crippen LogP contribution in [0, 0.1) is 13.8 Å². The van der Waals surface area contributed by atoms with E-state index in [9.17, 15) is 9.59 Å². The van der Waals surface area contributed by atoms with Crippen LogP contribution in [-0.4, -0.2) is 25.0 Å². The Kier molecular flexibility index (Phi) is 6.57. The molecule has 2 N–H and O–H groups in total. The zero-order valence-corrected chi connectivity index (χ0v) is 14.9. The molecule has 0 aliphatic rings. The summed E-state index contributed by atoms with van der Waals surface area (Å²) in [6, 6.07) is 13.4. The number of anilines is 1. The fraction of sp³-hybridized carbons (Fsp3) is 0.300. The molecule has 0 radical (unpaired) electrons. The Labute approximate surface area is 148 Å². The molecule has 0 spiro atoms. The van der Waals surface area contributed by atoms with Gasteiger partial charge in [0.15, 0.2) is 6.61 Å². The molecule has 2 rings (SSSR count). The molecule has 0 aliphatic heterocycles. The fourth-order valence-electron chi connectivity index (χ4n) is 2.38. The molecule has 132 valence electrons. The molecular weight excluding hydrogens is 316 g/mol. The molecule has 0 saturated carbocycles. The zero-order chi connectivity index (χ0) is 18.2. The topological polar surface area (TPSA) is 67.4 Å². The maximum Gasteiger partial charge on any atom is 0.257 e. The lowest BCUT2D eigenvalue weighted by molar-refractivity contribution is -0.123. The van der Waals surface area contributed by atoms with Crippen LogP contribution in [0.15, 0.2) is 42.5 Å². The van der Waals surface area contributed by atoms with Crippen molar-refractivity contribution < 1.29 is 14.3 Å². The van der Waals surface area contributed by atoms with Crippen molar-refractivity contribution in [2.24, 2.45) is 0 Å². The second-order valence-electron chi connectivity index (χ2n) is 5.96. The molecule has 0 fully saturated rings. The number of nitrogens with one attached hydrogen (secondary N) is 2. The van der Waals surface area contributed by atoms with Crippen LogP contribution in [0.5, 0.6) is 5.75 Å². The highest BCUT2D eigenvalue weighted by Gasteiger charge is 2.06. The van der Waals surface area contributed by atoms with Gasteiger partial charge in [0.2, 0.25) is 5.91 Å². The van der Waals surface area contributed by atoms with E-state index in [1.54, 1.807) is 0 Å². The SMILES string of the molecule is CC(=O)Nc1ccc(CCNC(=O)COc2cccc(C)c2C)cc1. The number of benzene rings is 2. The first kappa shape index (κ1) is 18.5. The van der Waals surface area contributed by atoms with Crippen molar-refractivity contribution in [2.75, 3.05) is 18.5 Å². The van der Waals surface area contributed by atoms with Crippen LogP contribution >= 0.6 is 0 Å². The molecule has 0 aromatic heterocycles. The smallest absolute Gasteiger partial charge is 0.257 e. The average Bonchev–Trinajstić information content (AvgIpc) is 2.57. The van der Waals surface area contributed by atoms with Gasteiger partial charge < -0.3 is 15.4 Å². The van der Waals surface area contributed by atoms with Gasteiger partial charge in [-0.3, -0.25) is 9.59 Å². The molecule has 0 atom stereocenters. The van der Waals surface area contributed by atoms with Gasteiger partial charge in [-0.15, -0.1) is 0 Å². The Balaban J connectivity index is 1.73.